The Labute approximate surface area is 272 Å². The van der Waals surface area contributed by atoms with E-state index in [0.717, 1.165) is 61.5 Å². The van der Waals surface area contributed by atoms with Crippen LogP contribution < -0.4 is 10.4 Å². The minimum Gasteiger partial charge on any atom is -0.455 e. The molecule has 5 heteroatoms. The predicted octanol–water partition coefficient (Wildman–Crippen LogP) is 9.61. The van der Waals surface area contributed by atoms with Gasteiger partial charge in [-0.1, -0.05) is 104 Å². The number of fused-ring (bicyclic) bond motifs is 9. The van der Waals surface area contributed by atoms with Gasteiger partial charge in [0.25, 0.3) is 0 Å². The van der Waals surface area contributed by atoms with Crippen LogP contribution >= 0.6 is 0 Å². The van der Waals surface area contributed by atoms with Crippen molar-refractivity contribution in [2.24, 2.45) is 0 Å². The summed E-state index contributed by atoms with van der Waals surface area (Å²) in [5.74, 6) is 0.729. The summed E-state index contributed by atoms with van der Waals surface area (Å²) in [7, 11) is -2.14. The van der Waals surface area contributed by atoms with Gasteiger partial charge in [-0.05, 0) is 64.5 Å². The SMILES string of the molecule is C[Si]1(C)c2ccccc2-c2nc(-c3ccc4c(c3)c3ccccc3n4-c3ccccc3)nc(-c3cccc4c3oc3ccccc34)c21. The van der Waals surface area contributed by atoms with Crippen LogP contribution in [-0.4, -0.2) is 22.6 Å². The van der Waals surface area contributed by atoms with E-state index in [1.165, 1.54) is 32.2 Å². The van der Waals surface area contributed by atoms with Gasteiger partial charge >= 0.3 is 0 Å². The molecule has 4 nitrogen and oxygen atoms in total. The third-order valence-electron chi connectivity index (χ3n) is 9.99. The largest absolute Gasteiger partial charge is 0.455 e. The number of para-hydroxylation sites is 4. The zero-order valence-electron chi connectivity index (χ0n) is 26.0. The van der Waals surface area contributed by atoms with Gasteiger partial charge in [-0.2, -0.15) is 0 Å². The highest BCUT2D eigenvalue weighted by Crippen LogP contribution is 2.40. The van der Waals surface area contributed by atoms with Gasteiger partial charge in [0.05, 0.1) is 22.4 Å². The van der Waals surface area contributed by atoms with E-state index in [0.29, 0.717) is 0 Å². The molecule has 4 heterocycles. The zero-order chi connectivity index (χ0) is 31.3. The first-order valence-electron chi connectivity index (χ1n) is 16.1. The Bertz CT molecular complexity index is 2720. The second-order valence-electron chi connectivity index (χ2n) is 13.0. The van der Waals surface area contributed by atoms with Crippen LogP contribution in [0.2, 0.25) is 13.1 Å². The molecule has 0 unspecified atom stereocenters. The standard InChI is InChI=1S/C42H29N3OSi/c1-47(2)37-22-11-8-17-31(37)38-41(47)39(32-19-12-18-30-29-16-7-10-21-36(29)46-40(30)32)44-42(43-38)26-23-24-35-33(25-26)28-15-6-9-20-34(28)45(35)27-13-4-3-5-14-27/h3-25H,1-2H3. The highest BCUT2D eigenvalue weighted by Gasteiger charge is 2.42. The molecule has 0 saturated carbocycles. The Morgan fingerprint density at radius 1 is 0.553 bits per heavy atom. The highest BCUT2D eigenvalue weighted by molar-refractivity contribution is 7.04. The molecule has 6 aromatic carbocycles. The lowest BCUT2D eigenvalue weighted by atomic mass is 10.0. The van der Waals surface area contributed by atoms with Crippen molar-refractivity contribution < 1.29 is 4.42 Å². The Morgan fingerprint density at radius 3 is 2.09 bits per heavy atom. The number of rotatable bonds is 3. The van der Waals surface area contributed by atoms with Crippen LogP contribution in [0, 0.1) is 0 Å². The summed E-state index contributed by atoms with van der Waals surface area (Å²) < 4.78 is 8.93. The fraction of sp³-hybridized carbons (Fsp3) is 0.0476. The molecule has 0 saturated heterocycles. The van der Waals surface area contributed by atoms with Crippen LogP contribution in [0.15, 0.2) is 144 Å². The first-order valence-corrected chi connectivity index (χ1v) is 19.1. The average Bonchev–Trinajstić information content (AvgIpc) is 3.74. The van der Waals surface area contributed by atoms with Crippen LogP contribution in [0.5, 0.6) is 0 Å². The smallest absolute Gasteiger partial charge is 0.160 e. The fourth-order valence-electron chi connectivity index (χ4n) is 7.84. The molecule has 0 radical (unpaired) electrons. The maximum absolute atomic E-state index is 6.59. The first kappa shape index (κ1) is 26.4. The van der Waals surface area contributed by atoms with Crippen molar-refractivity contribution in [3.05, 3.63) is 140 Å². The molecule has 9 aromatic rings. The second kappa shape index (κ2) is 9.61. The summed E-state index contributed by atoms with van der Waals surface area (Å²) in [5.41, 5.74) is 10.5. The Morgan fingerprint density at radius 2 is 1.21 bits per heavy atom. The number of aromatic nitrogens is 3. The van der Waals surface area contributed by atoms with E-state index in [4.69, 9.17) is 14.4 Å². The molecule has 1 aliphatic rings. The van der Waals surface area contributed by atoms with Gasteiger partial charge in [0, 0.05) is 38.4 Å². The Balaban J connectivity index is 1.27. The number of hydrogen-bond donors (Lipinski definition) is 0. The number of nitrogens with zero attached hydrogens (tertiary/aromatic N) is 3. The van der Waals surface area contributed by atoms with E-state index >= 15 is 0 Å². The number of hydrogen-bond acceptors (Lipinski definition) is 3. The minimum atomic E-state index is -2.14. The molecule has 1 aliphatic heterocycles. The van der Waals surface area contributed by atoms with Gasteiger partial charge < -0.3 is 8.98 Å². The lowest BCUT2D eigenvalue weighted by Crippen LogP contribution is -2.50. The van der Waals surface area contributed by atoms with E-state index < -0.39 is 8.07 Å². The van der Waals surface area contributed by atoms with Gasteiger partial charge in [-0.3, -0.25) is 0 Å². The van der Waals surface area contributed by atoms with E-state index in [-0.39, 0.29) is 0 Å². The normalized spacial score (nSPS) is 13.5. The molecule has 0 spiro atoms. The van der Waals surface area contributed by atoms with Crippen LogP contribution in [-0.2, 0) is 0 Å². The minimum absolute atomic E-state index is 0.729. The summed E-state index contributed by atoms with van der Waals surface area (Å²) in [6.07, 6.45) is 0. The van der Waals surface area contributed by atoms with Crippen molar-refractivity contribution >= 4 is 62.2 Å². The molecule has 0 bridgehead atoms. The lowest BCUT2D eigenvalue weighted by Gasteiger charge is -2.21. The van der Waals surface area contributed by atoms with Crippen LogP contribution in [0.4, 0.5) is 0 Å². The first-order chi connectivity index (χ1) is 23.1. The monoisotopic (exact) mass is 619 g/mol. The molecule has 47 heavy (non-hydrogen) atoms. The second-order valence-corrected chi connectivity index (χ2v) is 17.3. The molecule has 0 N–H and O–H groups in total. The van der Waals surface area contributed by atoms with E-state index in [9.17, 15) is 0 Å². The summed E-state index contributed by atoms with van der Waals surface area (Å²) in [6.45, 7) is 4.85. The van der Waals surface area contributed by atoms with Crippen molar-refractivity contribution in [2.75, 3.05) is 0 Å². The number of benzene rings is 6. The molecule has 3 aromatic heterocycles. The third kappa shape index (κ3) is 3.69. The summed E-state index contributed by atoms with van der Waals surface area (Å²) in [5, 5.41) is 7.30. The fourth-order valence-corrected chi connectivity index (χ4v) is 11.1. The lowest BCUT2D eigenvalue weighted by molar-refractivity contribution is 0.670. The van der Waals surface area contributed by atoms with Crippen LogP contribution in [0.25, 0.3) is 83.3 Å². The van der Waals surface area contributed by atoms with Crippen molar-refractivity contribution in [1.29, 1.82) is 0 Å². The molecule has 10 rings (SSSR count). The summed E-state index contributed by atoms with van der Waals surface area (Å²) in [4.78, 5) is 10.9. The van der Waals surface area contributed by atoms with E-state index in [2.05, 4.69) is 145 Å². The molecule has 0 amide bonds. The molecular formula is C42H29N3OSi. The Hall–Kier alpha value is -5.78. The van der Waals surface area contributed by atoms with Gasteiger partial charge in [-0.15, -0.1) is 0 Å². The molecular weight excluding hydrogens is 591 g/mol. The van der Waals surface area contributed by atoms with Gasteiger partial charge in [0.1, 0.15) is 19.2 Å². The maximum Gasteiger partial charge on any atom is 0.160 e. The highest BCUT2D eigenvalue weighted by atomic mass is 28.3. The quantitative estimate of drug-likeness (QED) is 0.185. The van der Waals surface area contributed by atoms with Crippen molar-refractivity contribution in [2.45, 2.75) is 13.1 Å². The van der Waals surface area contributed by atoms with Crippen molar-refractivity contribution in [1.82, 2.24) is 14.5 Å². The van der Waals surface area contributed by atoms with Gasteiger partial charge in [0.2, 0.25) is 0 Å². The summed E-state index contributed by atoms with van der Waals surface area (Å²) >= 11 is 0. The third-order valence-corrected chi connectivity index (χ3v) is 13.5. The zero-order valence-corrected chi connectivity index (χ0v) is 27.0. The predicted molar refractivity (Wildman–Crippen MR) is 197 cm³/mol. The molecule has 0 atom stereocenters. The molecule has 0 fully saturated rings. The molecule has 0 aliphatic carbocycles. The maximum atomic E-state index is 6.59. The van der Waals surface area contributed by atoms with Crippen molar-refractivity contribution in [3.63, 3.8) is 0 Å². The Kier molecular flexibility index (Phi) is 5.41. The topological polar surface area (TPSA) is 43.9 Å². The van der Waals surface area contributed by atoms with Crippen molar-refractivity contribution in [3.8, 4) is 39.6 Å². The van der Waals surface area contributed by atoms with Crippen LogP contribution in [0.1, 0.15) is 0 Å². The van der Waals surface area contributed by atoms with E-state index in [1.54, 1.807) is 0 Å². The van der Waals surface area contributed by atoms with Gasteiger partial charge in [-0.25, -0.2) is 9.97 Å². The van der Waals surface area contributed by atoms with E-state index in [1.807, 2.05) is 12.1 Å². The average molecular weight is 620 g/mol. The van der Waals surface area contributed by atoms with Gasteiger partial charge in [0.15, 0.2) is 5.82 Å². The number of furan rings is 1. The van der Waals surface area contributed by atoms with Crippen LogP contribution in [0.3, 0.4) is 0 Å². The summed E-state index contributed by atoms with van der Waals surface area (Å²) in [6, 6.07) is 49.4. The molecule has 222 valence electrons.